The highest BCUT2D eigenvalue weighted by molar-refractivity contribution is 5.49. The first-order chi connectivity index (χ1) is 8.63. The highest BCUT2D eigenvalue weighted by atomic mass is 19.1. The molecule has 1 rings (SSSR count). The van der Waals surface area contributed by atoms with Crippen molar-refractivity contribution in [3.63, 3.8) is 0 Å². The first-order valence-electron chi connectivity index (χ1n) is 6.09. The molecule has 0 aliphatic rings. The Bertz CT molecular complexity index is 382. The standard InChI is InChI=1S/C12H19F2N3O/c1-3-5-17(6-7-18)12-10(14)8-9(13)11(16-12)15-4-2/h8,18H,3-7H2,1-2H3,(H,15,16). The van der Waals surface area contributed by atoms with E-state index < -0.39 is 11.6 Å². The number of nitrogens with one attached hydrogen (secondary N) is 1. The van der Waals surface area contributed by atoms with E-state index in [4.69, 9.17) is 5.11 Å². The van der Waals surface area contributed by atoms with Crippen LogP contribution in [-0.2, 0) is 0 Å². The van der Waals surface area contributed by atoms with Crippen LogP contribution in [0.3, 0.4) is 0 Å². The molecule has 0 aliphatic carbocycles. The molecule has 1 aromatic heterocycles. The van der Waals surface area contributed by atoms with Crippen molar-refractivity contribution in [1.82, 2.24) is 4.98 Å². The molecule has 18 heavy (non-hydrogen) atoms. The summed E-state index contributed by atoms with van der Waals surface area (Å²) in [5, 5.41) is 11.7. The lowest BCUT2D eigenvalue weighted by atomic mass is 10.3. The predicted octanol–water partition coefficient (Wildman–Crippen LogP) is 2.00. The fraction of sp³-hybridized carbons (Fsp3) is 0.583. The van der Waals surface area contributed by atoms with Crippen molar-refractivity contribution in [2.24, 2.45) is 0 Å². The number of nitrogens with zero attached hydrogens (tertiary/aromatic N) is 2. The molecule has 4 nitrogen and oxygen atoms in total. The first kappa shape index (κ1) is 14.6. The SMILES string of the molecule is CCCN(CCO)c1nc(NCC)c(F)cc1F. The maximum atomic E-state index is 13.7. The van der Waals surface area contributed by atoms with Crippen LogP contribution in [0.2, 0.25) is 0 Å². The third kappa shape index (κ3) is 3.53. The van der Waals surface area contributed by atoms with Gasteiger partial charge in [-0.05, 0) is 13.3 Å². The van der Waals surface area contributed by atoms with Gasteiger partial charge in [0.2, 0.25) is 0 Å². The second-order valence-corrected chi connectivity index (χ2v) is 3.87. The summed E-state index contributed by atoms with van der Waals surface area (Å²) in [5.74, 6) is -1.31. The first-order valence-corrected chi connectivity index (χ1v) is 6.09. The van der Waals surface area contributed by atoms with E-state index >= 15 is 0 Å². The van der Waals surface area contributed by atoms with Crippen molar-refractivity contribution >= 4 is 11.6 Å². The molecule has 0 saturated carbocycles. The molecular formula is C12H19F2N3O. The van der Waals surface area contributed by atoms with Crippen LogP contribution in [0.15, 0.2) is 6.07 Å². The van der Waals surface area contributed by atoms with Crippen LogP contribution in [0.1, 0.15) is 20.3 Å². The Labute approximate surface area is 106 Å². The molecule has 0 radical (unpaired) electrons. The molecule has 1 heterocycles. The molecule has 0 spiro atoms. The highest BCUT2D eigenvalue weighted by Crippen LogP contribution is 2.22. The predicted molar refractivity (Wildman–Crippen MR) is 67.9 cm³/mol. The minimum absolute atomic E-state index is 0.0351. The fourth-order valence-corrected chi connectivity index (χ4v) is 1.68. The Kier molecular flexibility index (Phi) is 5.77. The summed E-state index contributed by atoms with van der Waals surface area (Å²) in [7, 11) is 0. The van der Waals surface area contributed by atoms with E-state index in [-0.39, 0.29) is 24.8 Å². The summed E-state index contributed by atoms with van der Waals surface area (Å²) < 4.78 is 27.1. The Morgan fingerprint density at radius 2 is 2.00 bits per heavy atom. The van der Waals surface area contributed by atoms with Crippen LogP contribution < -0.4 is 10.2 Å². The molecule has 6 heteroatoms. The van der Waals surface area contributed by atoms with E-state index in [2.05, 4.69) is 10.3 Å². The monoisotopic (exact) mass is 259 g/mol. The van der Waals surface area contributed by atoms with Crippen molar-refractivity contribution < 1.29 is 13.9 Å². The van der Waals surface area contributed by atoms with Crippen LogP contribution in [0, 0.1) is 11.6 Å². The van der Waals surface area contributed by atoms with E-state index in [1.54, 1.807) is 4.90 Å². The lowest BCUT2D eigenvalue weighted by Gasteiger charge is -2.23. The van der Waals surface area contributed by atoms with Crippen LogP contribution >= 0.6 is 0 Å². The van der Waals surface area contributed by atoms with E-state index in [1.165, 1.54) is 0 Å². The van der Waals surface area contributed by atoms with Crippen molar-refractivity contribution in [2.45, 2.75) is 20.3 Å². The number of anilines is 2. The van der Waals surface area contributed by atoms with Crippen molar-refractivity contribution in [1.29, 1.82) is 0 Å². The van der Waals surface area contributed by atoms with Gasteiger partial charge in [-0.1, -0.05) is 6.92 Å². The molecular weight excluding hydrogens is 240 g/mol. The van der Waals surface area contributed by atoms with Gasteiger partial charge in [-0.25, -0.2) is 13.8 Å². The summed E-state index contributed by atoms with van der Waals surface area (Å²) in [5.41, 5.74) is 0. The summed E-state index contributed by atoms with van der Waals surface area (Å²) in [6.07, 6.45) is 0.787. The number of hydrogen-bond donors (Lipinski definition) is 2. The number of halogens is 2. The molecule has 0 bridgehead atoms. The fourth-order valence-electron chi connectivity index (χ4n) is 1.68. The summed E-state index contributed by atoms with van der Waals surface area (Å²) in [6, 6.07) is 0.820. The van der Waals surface area contributed by atoms with E-state index in [0.29, 0.717) is 13.1 Å². The molecule has 0 atom stereocenters. The second-order valence-electron chi connectivity index (χ2n) is 3.87. The quantitative estimate of drug-likeness (QED) is 0.786. The molecule has 0 aromatic carbocycles. The van der Waals surface area contributed by atoms with E-state index in [0.717, 1.165) is 12.5 Å². The number of pyridine rings is 1. The van der Waals surface area contributed by atoms with Gasteiger partial charge in [0.05, 0.1) is 6.61 Å². The van der Waals surface area contributed by atoms with Crippen LogP contribution in [-0.4, -0.2) is 36.3 Å². The molecule has 0 amide bonds. The Hall–Kier alpha value is -1.43. The summed E-state index contributed by atoms with van der Waals surface area (Å²) >= 11 is 0. The summed E-state index contributed by atoms with van der Waals surface area (Å²) in [6.45, 7) is 4.98. The average Bonchev–Trinajstić information content (AvgIpc) is 2.33. The number of rotatable bonds is 7. The molecule has 0 aliphatic heterocycles. The minimum Gasteiger partial charge on any atom is -0.395 e. The van der Waals surface area contributed by atoms with Gasteiger partial charge in [-0.2, -0.15) is 0 Å². The average molecular weight is 259 g/mol. The normalized spacial score (nSPS) is 10.5. The molecule has 1 aromatic rings. The van der Waals surface area contributed by atoms with Crippen LogP contribution in [0.4, 0.5) is 20.4 Å². The molecule has 2 N–H and O–H groups in total. The zero-order valence-corrected chi connectivity index (χ0v) is 10.7. The molecule has 0 saturated heterocycles. The highest BCUT2D eigenvalue weighted by Gasteiger charge is 2.16. The lowest BCUT2D eigenvalue weighted by molar-refractivity contribution is 0.301. The maximum absolute atomic E-state index is 13.7. The minimum atomic E-state index is -0.712. The van der Waals surface area contributed by atoms with Gasteiger partial charge in [0, 0.05) is 25.7 Å². The van der Waals surface area contributed by atoms with E-state index in [1.807, 2.05) is 13.8 Å². The largest absolute Gasteiger partial charge is 0.395 e. The van der Waals surface area contributed by atoms with Crippen molar-refractivity contribution in [2.75, 3.05) is 36.5 Å². The van der Waals surface area contributed by atoms with Crippen molar-refractivity contribution in [3.05, 3.63) is 17.7 Å². The number of aliphatic hydroxyl groups excluding tert-OH is 1. The Morgan fingerprint density at radius 1 is 1.28 bits per heavy atom. The molecule has 0 unspecified atom stereocenters. The van der Waals surface area contributed by atoms with Crippen LogP contribution in [0.25, 0.3) is 0 Å². The van der Waals surface area contributed by atoms with Gasteiger partial charge in [0.15, 0.2) is 23.3 Å². The van der Waals surface area contributed by atoms with Gasteiger partial charge < -0.3 is 15.3 Å². The Balaban J connectivity index is 3.07. The lowest BCUT2D eigenvalue weighted by Crippen LogP contribution is -2.29. The van der Waals surface area contributed by atoms with E-state index in [9.17, 15) is 8.78 Å². The second kappa shape index (κ2) is 7.10. The van der Waals surface area contributed by atoms with Gasteiger partial charge in [0.25, 0.3) is 0 Å². The van der Waals surface area contributed by atoms with Gasteiger partial charge in [-0.3, -0.25) is 0 Å². The number of hydrogen-bond acceptors (Lipinski definition) is 4. The zero-order chi connectivity index (χ0) is 13.5. The van der Waals surface area contributed by atoms with Crippen LogP contribution in [0.5, 0.6) is 0 Å². The van der Waals surface area contributed by atoms with Gasteiger partial charge in [-0.15, -0.1) is 0 Å². The molecule has 0 fully saturated rings. The van der Waals surface area contributed by atoms with Gasteiger partial charge >= 0.3 is 0 Å². The topological polar surface area (TPSA) is 48.4 Å². The summed E-state index contributed by atoms with van der Waals surface area (Å²) in [4.78, 5) is 5.56. The van der Waals surface area contributed by atoms with Crippen molar-refractivity contribution in [3.8, 4) is 0 Å². The third-order valence-electron chi connectivity index (χ3n) is 2.42. The Morgan fingerprint density at radius 3 is 2.56 bits per heavy atom. The zero-order valence-electron chi connectivity index (χ0n) is 10.7. The number of aliphatic hydroxyl groups is 1. The maximum Gasteiger partial charge on any atom is 0.168 e. The smallest absolute Gasteiger partial charge is 0.168 e. The third-order valence-corrected chi connectivity index (χ3v) is 2.42. The molecule has 102 valence electrons. The van der Waals surface area contributed by atoms with Gasteiger partial charge in [0.1, 0.15) is 0 Å². The number of aromatic nitrogens is 1.